The van der Waals surface area contributed by atoms with Gasteiger partial charge in [-0.1, -0.05) is 33.6 Å². The molecule has 5 unspecified atom stereocenters. The third-order valence-electron chi connectivity index (χ3n) is 5.18. The number of rotatable bonds is 1. The van der Waals surface area contributed by atoms with Crippen LogP contribution in [0.5, 0.6) is 0 Å². The highest BCUT2D eigenvalue weighted by molar-refractivity contribution is 4.89. The minimum atomic E-state index is 0.401. The van der Waals surface area contributed by atoms with Crippen LogP contribution in [0.2, 0.25) is 0 Å². The Morgan fingerprint density at radius 3 is 2.44 bits per heavy atom. The normalized spacial score (nSPS) is 46.9. The van der Waals surface area contributed by atoms with E-state index in [1.54, 1.807) is 0 Å². The molecule has 2 aliphatic rings. The van der Waals surface area contributed by atoms with Crippen molar-refractivity contribution in [3.8, 4) is 0 Å². The number of likely N-dealkylation sites (tertiary alicyclic amines) is 1. The fourth-order valence-corrected chi connectivity index (χ4v) is 3.50. The van der Waals surface area contributed by atoms with Gasteiger partial charge >= 0.3 is 0 Å². The van der Waals surface area contributed by atoms with Gasteiger partial charge < -0.3 is 5.73 Å². The molecule has 0 amide bonds. The zero-order chi connectivity index (χ0) is 11.7. The average Bonchev–Trinajstić information content (AvgIpc) is 2.26. The molecule has 2 nitrogen and oxygen atoms in total. The molecule has 2 fully saturated rings. The Kier molecular flexibility index (Phi) is 3.91. The lowest BCUT2D eigenvalue weighted by atomic mass is 9.76. The van der Waals surface area contributed by atoms with Gasteiger partial charge in [-0.05, 0) is 37.1 Å². The van der Waals surface area contributed by atoms with Crippen molar-refractivity contribution in [1.29, 1.82) is 0 Å². The minimum Gasteiger partial charge on any atom is -0.326 e. The maximum atomic E-state index is 6.21. The van der Waals surface area contributed by atoms with Crippen molar-refractivity contribution < 1.29 is 0 Å². The van der Waals surface area contributed by atoms with Crippen molar-refractivity contribution >= 4 is 0 Å². The maximum absolute atomic E-state index is 6.21. The summed E-state index contributed by atoms with van der Waals surface area (Å²) in [7, 11) is 0. The molecule has 1 saturated carbocycles. The van der Waals surface area contributed by atoms with E-state index >= 15 is 0 Å². The van der Waals surface area contributed by atoms with Crippen molar-refractivity contribution in [2.75, 3.05) is 13.1 Å². The molecule has 1 aliphatic heterocycles. The highest BCUT2D eigenvalue weighted by atomic mass is 15.2. The van der Waals surface area contributed by atoms with Gasteiger partial charge in [0.05, 0.1) is 0 Å². The molecule has 1 saturated heterocycles. The quantitative estimate of drug-likeness (QED) is 0.741. The van der Waals surface area contributed by atoms with Crippen molar-refractivity contribution in [1.82, 2.24) is 4.90 Å². The van der Waals surface area contributed by atoms with Crippen LogP contribution in [0.15, 0.2) is 0 Å². The summed E-state index contributed by atoms with van der Waals surface area (Å²) in [6, 6.07) is 1.21. The molecule has 1 heterocycles. The van der Waals surface area contributed by atoms with Crippen LogP contribution in [0.1, 0.15) is 46.5 Å². The van der Waals surface area contributed by atoms with Crippen LogP contribution in [0.25, 0.3) is 0 Å². The van der Waals surface area contributed by atoms with E-state index in [9.17, 15) is 0 Å². The third-order valence-corrected chi connectivity index (χ3v) is 5.18. The summed E-state index contributed by atoms with van der Waals surface area (Å²) in [5.74, 6) is 2.47. The van der Waals surface area contributed by atoms with Crippen LogP contribution in [-0.4, -0.2) is 30.1 Å². The van der Waals surface area contributed by atoms with Crippen LogP contribution in [-0.2, 0) is 0 Å². The zero-order valence-corrected chi connectivity index (χ0v) is 11.2. The molecule has 2 heteroatoms. The van der Waals surface area contributed by atoms with E-state index in [1.807, 2.05) is 0 Å². The van der Waals surface area contributed by atoms with Crippen LogP contribution < -0.4 is 5.73 Å². The van der Waals surface area contributed by atoms with Gasteiger partial charge in [-0.2, -0.15) is 0 Å². The average molecular weight is 224 g/mol. The first kappa shape index (κ1) is 12.4. The van der Waals surface area contributed by atoms with E-state index in [0.717, 1.165) is 24.4 Å². The lowest BCUT2D eigenvalue weighted by Gasteiger charge is -2.46. The Labute approximate surface area is 101 Å². The largest absolute Gasteiger partial charge is 0.326 e. The van der Waals surface area contributed by atoms with Crippen molar-refractivity contribution in [3.63, 3.8) is 0 Å². The summed E-state index contributed by atoms with van der Waals surface area (Å²) >= 11 is 0. The lowest BCUT2D eigenvalue weighted by molar-refractivity contribution is 0.0463. The highest BCUT2D eigenvalue weighted by Gasteiger charge is 2.34. The first-order valence-electron chi connectivity index (χ1n) is 7.09. The molecule has 0 radical (unpaired) electrons. The first-order chi connectivity index (χ1) is 7.59. The van der Waals surface area contributed by atoms with E-state index < -0.39 is 0 Å². The molecule has 0 spiro atoms. The number of hydrogen-bond donors (Lipinski definition) is 1. The van der Waals surface area contributed by atoms with Crippen LogP contribution in [0.3, 0.4) is 0 Å². The predicted octanol–water partition coefficient (Wildman–Crippen LogP) is 2.48. The van der Waals surface area contributed by atoms with Gasteiger partial charge in [0.1, 0.15) is 0 Å². The molecule has 0 bridgehead atoms. The predicted molar refractivity (Wildman–Crippen MR) is 69.3 cm³/mol. The Balaban J connectivity index is 1.96. The van der Waals surface area contributed by atoms with Gasteiger partial charge in [0.25, 0.3) is 0 Å². The molecule has 2 N–H and O–H groups in total. The van der Waals surface area contributed by atoms with E-state index in [2.05, 4.69) is 25.7 Å². The molecule has 1 aliphatic carbocycles. The number of hydrogen-bond acceptors (Lipinski definition) is 2. The minimum absolute atomic E-state index is 0.401. The van der Waals surface area contributed by atoms with E-state index in [1.165, 1.54) is 32.2 Å². The molecule has 0 aromatic heterocycles. The second-order valence-corrected chi connectivity index (χ2v) is 6.26. The van der Waals surface area contributed by atoms with Crippen molar-refractivity contribution in [3.05, 3.63) is 0 Å². The van der Waals surface area contributed by atoms with Crippen molar-refractivity contribution in [2.24, 2.45) is 23.5 Å². The highest BCUT2D eigenvalue weighted by Crippen LogP contribution is 2.34. The third kappa shape index (κ3) is 2.43. The molecule has 0 aromatic carbocycles. The molecule has 2 rings (SSSR count). The zero-order valence-electron chi connectivity index (χ0n) is 11.2. The SMILES string of the molecule is CC1CCN(C2CCCC(C)C2C)CC1N. The summed E-state index contributed by atoms with van der Waals surface area (Å²) < 4.78 is 0. The van der Waals surface area contributed by atoms with Crippen LogP contribution in [0, 0.1) is 17.8 Å². The molecule has 94 valence electrons. The van der Waals surface area contributed by atoms with Gasteiger partial charge in [0.2, 0.25) is 0 Å². The lowest BCUT2D eigenvalue weighted by Crippen LogP contribution is -2.54. The number of nitrogens with zero attached hydrogens (tertiary/aromatic N) is 1. The summed E-state index contributed by atoms with van der Waals surface area (Å²) in [5, 5.41) is 0. The monoisotopic (exact) mass is 224 g/mol. The Morgan fingerprint density at radius 1 is 1.00 bits per heavy atom. The van der Waals surface area contributed by atoms with Gasteiger partial charge in [-0.25, -0.2) is 0 Å². The van der Waals surface area contributed by atoms with E-state index in [0.29, 0.717) is 12.0 Å². The van der Waals surface area contributed by atoms with Gasteiger partial charge in [-0.3, -0.25) is 4.90 Å². The fourth-order valence-electron chi connectivity index (χ4n) is 3.50. The molecule has 0 aromatic rings. The second-order valence-electron chi connectivity index (χ2n) is 6.26. The van der Waals surface area contributed by atoms with Crippen LogP contribution in [0.4, 0.5) is 0 Å². The standard InChI is InChI=1S/C14H28N2/c1-10-5-4-6-14(12(10)3)16-8-7-11(2)13(15)9-16/h10-14H,4-9,15H2,1-3H3. The smallest absolute Gasteiger partial charge is 0.0194 e. The summed E-state index contributed by atoms with van der Waals surface area (Å²) in [6.07, 6.45) is 5.52. The number of nitrogens with two attached hydrogens (primary N) is 1. The van der Waals surface area contributed by atoms with Gasteiger partial charge in [0.15, 0.2) is 0 Å². The Hall–Kier alpha value is -0.0800. The van der Waals surface area contributed by atoms with E-state index in [4.69, 9.17) is 5.73 Å². The van der Waals surface area contributed by atoms with Gasteiger partial charge in [0, 0.05) is 18.6 Å². The molecule has 5 atom stereocenters. The number of piperidine rings is 1. The van der Waals surface area contributed by atoms with Crippen LogP contribution >= 0.6 is 0 Å². The molecular formula is C14H28N2. The molecular weight excluding hydrogens is 196 g/mol. The summed E-state index contributed by atoms with van der Waals surface area (Å²) in [6.45, 7) is 9.57. The second kappa shape index (κ2) is 5.05. The summed E-state index contributed by atoms with van der Waals surface area (Å²) in [5.41, 5.74) is 6.21. The first-order valence-corrected chi connectivity index (χ1v) is 7.09. The topological polar surface area (TPSA) is 29.3 Å². The van der Waals surface area contributed by atoms with E-state index in [-0.39, 0.29) is 0 Å². The molecule has 16 heavy (non-hydrogen) atoms. The maximum Gasteiger partial charge on any atom is 0.0194 e. The van der Waals surface area contributed by atoms with Gasteiger partial charge in [-0.15, -0.1) is 0 Å². The Morgan fingerprint density at radius 2 is 1.75 bits per heavy atom. The fraction of sp³-hybridized carbons (Fsp3) is 1.00. The summed E-state index contributed by atoms with van der Waals surface area (Å²) in [4.78, 5) is 2.69. The van der Waals surface area contributed by atoms with Crippen molar-refractivity contribution in [2.45, 2.75) is 58.5 Å². The Bertz CT molecular complexity index is 229.